The molecule has 1 N–H and O–H groups in total. The Morgan fingerprint density at radius 2 is 1.94 bits per heavy atom. The van der Waals surface area contributed by atoms with Gasteiger partial charge in [-0.15, -0.1) is 0 Å². The van der Waals surface area contributed by atoms with Gasteiger partial charge in [0, 0.05) is 38.8 Å². The molecule has 33 heavy (non-hydrogen) atoms. The summed E-state index contributed by atoms with van der Waals surface area (Å²) in [5.41, 5.74) is 2.33. The molecule has 0 aromatic heterocycles. The second-order valence-corrected chi connectivity index (χ2v) is 8.13. The van der Waals surface area contributed by atoms with E-state index in [-0.39, 0.29) is 6.10 Å². The lowest BCUT2D eigenvalue weighted by Crippen LogP contribution is -2.48. The number of carbonyl (C=O) groups is 2. The number of rotatable bonds is 8. The summed E-state index contributed by atoms with van der Waals surface area (Å²) in [6, 6.07) is 12.5. The van der Waals surface area contributed by atoms with Gasteiger partial charge in [0.1, 0.15) is 11.6 Å². The van der Waals surface area contributed by atoms with Crippen molar-refractivity contribution in [3.63, 3.8) is 0 Å². The standard InChI is InChI=1S/C25H32N4O4/c1-18(2)33-23-15-19(25(31)32-4)9-10-22(23)28(3)24(16-29-13-11-26-12-14-29)27-21-8-6-5-7-20(21)17-30/h5-10,15,17-18,26H,11-14,16H2,1-4H3. The number of ether oxygens (including phenoxy) is 2. The van der Waals surface area contributed by atoms with Gasteiger partial charge in [-0.2, -0.15) is 0 Å². The fourth-order valence-electron chi connectivity index (χ4n) is 3.64. The van der Waals surface area contributed by atoms with Crippen molar-refractivity contribution in [3.8, 4) is 5.75 Å². The van der Waals surface area contributed by atoms with Gasteiger partial charge in [0.05, 0.1) is 36.7 Å². The van der Waals surface area contributed by atoms with Crippen LogP contribution >= 0.6 is 0 Å². The number of benzene rings is 2. The number of aliphatic imine (C=N–C) groups is 1. The topological polar surface area (TPSA) is 83.5 Å². The fourth-order valence-corrected chi connectivity index (χ4v) is 3.64. The van der Waals surface area contributed by atoms with Gasteiger partial charge >= 0.3 is 5.97 Å². The third kappa shape index (κ3) is 6.40. The first-order chi connectivity index (χ1) is 15.9. The summed E-state index contributed by atoms with van der Waals surface area (Å²) in [5, 5.41) is 3.36. The number of carbonyl (C=O) groups excluding carboxylic acids is 2. The summed E-state index contributed by atoms with van der Waals surface area (Å²) < 4.78 is 10.9. The lowest BCUT2D eigenvalue weighted by atomic mass is 10.1. The van der Waals surface area contributed by atoms with Crippen molar-refractivity contribution < 1.29 is 19.1 Å². The van der Waals surface area contributed by atoms with E-state index in [1.165, 1.54) is 7.11 Å². The van der Waals surface area contributed by atoms with E-state index in [1.54, 1.807) is 18.2 Å². The largest absolute Gasteiger partial charge is 0.489 e. The van der Waals surface area contributed by atoms with Gasteiger partial charge in [0.15, 0.2) is 6.29 Å². The summed E-state index contributed by atoms with van der Waals surface area (Å²) in [4.78, 5) is 32.8. The first-order valence-electron chi connectivity index (χ1n) is 11.1. The summed E-state index contributed by atoms with van der Waals surface area (Å²) in [6.45, 7) is 8.10. The number of amidine groups is 1. The third-order valence-corrected chi connectivity index (χ3v) is 5.38. The van der Waals surface area contributed by atoms with Crippen LogP contribution in [0.4, 0.5) is 11.4 Å². The molecule has 176 valence electrons. The van der Waals surface area contributed by atoms with Crippen LogP contribution in [0.25, 0.3) is 0 Å². The lowest BCUT2D eigenvalue weighted by molar-refractivity contribution is 0.0600. The molecular formula is C25H32N4O4. The van der Waals surface area contributed by atoms with Crippen molar-refractivity contribution >= 4 is 29.5 Å². The Labute approximate surface area is 195 Å². The molecule has 8 nitrogen and oxygen atoms in total. The molecule has 0 amide bonds. The van der Waals surface area contributed by atoms with Gasteiger partial charge < -0.3 is 19.7 Å². The van der Waals surface area contributed by atoms with Crippen molar-refractivity contribution in [3.05, 3.63) is 53.6 Å². The SMILES string of the molecule is COC(=O)c1ccc(N(C)C(CN2CCNCC2)=Nc2ccccc2C=O)c(OC(C)C)c1. The van der Waals surface area contributed by atoms with Crippen LogP contribution in [0, 0.1) is 0 Å². The quantitative estimate of drug-likeness (QED) is 0.285. The van der Waals surface area contributed by atoms with Crippen LogP contribution in [-0.2, 0) is 4.74 Å². The van der Waals surface area contributed by atoms with Crippen LogP contribution < -0.4 is 15.0 Å². The summed E-state index contributed by atoms with van der Waals surface area (Å²) in [7, 11) is 3.28. The molecule has 0 unspecified atom stereocenters. The molecule has 8 heteroatoms. The monoisotopic (exact) mass is 452 g/mol. The van der Waals surface area contributed by atoms with Gasteiger partial charge in [0.25, 0.3) is 0 Å². The highest BCUT2D eigenvalue weighted by Crippen LogP contribution is 2.31. The minimum atomic E-state index is -0.424. The Bertz CT molecular complexity index is 1000. The molecule has 0 bridgehead atoms. The Kier molecular flexibility index (Phi) is 8.57. The minimum absolute atomic E-state index is 0.0885. The molecular weight excluding hydrogens is 420 g/mol. The van der Waals surface area contributed by atoms with Gasteiger partial charge in [-0.05, 0) is 44.2 Å². The Morgan fingerprint density at radius 3 is 2.61 bits per heavy atom. The highest BCUT2D eigenvalue weighted by Gasteiger charge is 2.21. The smallest absolute Gasteiger partial charge is 0.337 e. The van der Waals surface area contributed by atoms with Gasteiger partial charge in [-0.25, -0.2) is 9.79 Å². The molecule has 1 heterocycles. The van der Waals surface area contributed by atoms with Crippen molar-refractivity contribution in [2.24, 2.45) is 4.99 Å². The Balaban J connectivity index is 2.04. The zero-order valence-electron chi connectivity index (χ0n) is 19.7. The Hall–Kier alpha value is -3.23. The van der Waals surface area contributed by atoms with Crippen LogP contribution in [0.2, 0.25) is 0 Å². The van der Waals surface area contributed by atoms with Crippen molar-refractivity contribution in [2.75, 3.05) is 51.8 Å². The van der Waals surface area contributed by atoms with Crippen LogP contribution in [-0.4, -0.2) is 76.0 Å². The molecule has 0 radical (unpaired) electrons. The number of methoxy groups -OCH3 is 1. The van der Waals surface area contributed by atoms with E-state index >= 15 is 0 Å². The van der Waals surface area contributed by atoms with Crippen molar-refractivity contribution in [2.45, 2.75) is 20.0 Å². The zero-order valence-corrected chi connectivity index (χ0v) is 19.7. The second-order valence-electron chi connectivity index (χ2n) is 8.13. The fraction of sp³-hybridized carbons (Fsp3) is 0.400. The van der Waals surface area contributed by atoms with E-state index < -0.39 is 5.97 Å². The molecule has 2 aromatic carbocycles. The Morgan fingerprint density at radius 1 is 1.21 bits per heavy atom. The van der Waals surface area contributed by atoms with E-state index in [9.17, 15) is 9.59 Å². The number of nitrogens with one attached hydrogen (secondary N) is 1. The number of esters is 1. The van der Waals surface area contributed by atoms with Crippen LogP contribution in [0.15, 0.2) is 47.5 Å². The van der Waals surface area contributed by atoms with E-state index in [1.807, 2.05) is 50.1 Å². The molecule has 1 saturated heterocycles. The number of anilines is 1. The van der Waals surface area contributed by atoms with Crippen LogP contribution in [0.1, 0.15) is 34.6 Å². The van der Waals surface area contributed by atoms with E-state index in [2.05, 4.69) is 10.2 Å². The summed E-state index contributed by atoms with van der Waals surface area (Å²) in [5.74, 6) is 0.908. The predicted molar refractivity (Wildman–Crippen MR) is 130 cm³/mol. The first kappa shape index (κ1) is 24.4. The first-order valence-corrected chi connectivity index (χ1v) is 11.1. The predicted octanol–water partition coefficient (Wildman–Crippen LogP) is 3.14. The van der Waals surface area contributed by atoms with Crippen molar-refractivity contribution in [1.82, 2.24) is 10.2 Å². The highest BCUT2D eigenvalue weighted by atomic mass is 16.5. The van der Waals surface area contributed by atoms with Crippen molar-refractivity contribution in [1.29, 1.82) is 0 Å². The zero-order chi connectivity index (χ0) is 23.8. The number of para-hydroxylation sites is 1. The molecule has 1 aliphatic rings. The molecule has 0 aliphatic carbocycles. The van der Waals surface area contributed by atoms with E-state index in [0.717, 1.165) is 44.0 Å². The maximum atomic E-state index is 12.1. The minimum Gasteiger partial charge on any atom is -0.489 e. The second kappa shape index (κ2) is 11.6. The lowest BCUT2D eigenvalue weighted by Gasteiger charge is -2.31. The molecule has 1 fully saturated rings. The maximum absolute atomic E-state index is 12.1. The van der Waals surface area contributed by atoms with Crippen LogP contribution in [0.3, 0.4) is 0 Å². The maximum Gasteiger partial charge on any atom is 0.337 e. The number of piperazine rings is 1. The van der Waals surface area contributed by atoms with Gasteiger partial charge in [-0.3, -0.25) is 9.69 Å². The average molecular weight is 453 g/mol. The summed E-state index contributed by atoms with van der Waals surface area (Å²) in [6.07, 6.45) is 0.731. The number of hydrogen-bond donors (Lipinski definition) is 1. The van der Waals surface area contributed by atoms with E-state index in [4.69, 9.17) is 14.5 Å². The molecule has 3 rings (SSSR count). The molecule has 1 aliphatic heterocycles. The number of nitrogens with zero attached hydrogens (tertiary/aromatic N) is 3. The molecule has 2 aromatic rings. The molecule has 0 saturated carbocycles. The van der Waals surface area contributed by atoms with E-state index in [0.29, 0.717) is 29.1 Å². The number of hydrogen-bond acceptors (Lipinski definition) is 7. The molecule has 0 spiro atoms. The van der Waals surface area contributed by atoms with Crippen LogP contribution in [0.5, 0.6) is 5.75 Å². The van der Waals surface area contributed by atoms with Gasteiger partial charge in [-0.1, -0.05) is 12.1 Å². The van der Waals surface area contributed by atoms with Gasteiger partial charge in [0.2, 0.25) is 0 Å². The summed E-state index contributed by atoms with van der Waals surface area (Å²) >= 11 is 0. The number of likely N-dealkylation sites (N-methyl/N-ethyl adjacent to an activating group) is 1. The highest BCUT2D eigenvalue weighted by molar-refractivity contribution is 6.03. The normalized spacial score (nSPS) is 14.8. The third-order valence-electron chi connectivity index (χ3n) is 5.38. The number of aldehydes is 1. The molecule has 0 atom stereocenters. The average Bonchev–Trinajstić information content (AvgIpc) is 2.83.